The second-order valence-electron chi connectivity index (χ2n) is 3.36. The second-order valence-corrected chi connectivity index (χ2v) is 4.22. The van der Waals surface area contributed by atoms with E-state index in [4.69, 9.17) is 0 Å². The molecule has 0 spiro atoms. The van der Waals surface area contributed by atoms with Gasteiger partial charge in [-0.25, -0.2) is 0 Å². The molecule has 1 aliphatic heterocycles. The third-order valence-electron chi connectivity index (χ3n) is 2.37. The van der Waals surface area contributed by atoms with Crippen LogP contribution in [0.1, 0.15) is 18.1 Å². The van der Waals surface area contributed by atoms with Crippen LogP contribution in [0, 0.1) is 0 Å². The van der Waals surface area contributed by atoms with Crippen molar-refractivity contribution in [2.45, 2.75) is 25.9 Å². The maximum Gasteiger partial charge on any atom is 0.0211 e. The highest BCUT2D eigenvalue weighted by atomic mass is 79.9. The Labute approximate surface area is 81.3 Å². The molecule has 2 heteroatoms. The minimum Gasteiger partial charge on any atom is -0.310 e. The van der Waals surface area contributed by atoms with Gasteiger partial charge < -0.3 is 5.32 Å². The number of fused-ring (bicyclic) bond motifs is 1. The van der Waals surface area contributed by atoms with Crippen molar-refractivity contribution in [3.05, 3.63) is 33.8 Å². The summed E-state index contributed by atoms with van der Waals surface area (Å²) in [4.78, 5) is 0. The van der Waals surface area contributed by atoms with Gasteiger partial charge in [-0.1, -0.05) is 28.1 Å². The van der Waals surface area contributed by atoms with E-state index in [2.05, 4.69) is 46.4 Å². The summed E-state index contributed by atoms with van der Waals surface area (Å²) >= 11 is 3.58. The second kappa shape index (κ2) is 3.19. The van der Waals surface area contributed by atoms with E-state index in [-0.39, 0.29) is 0 Å². The molecule has 0 radical (unpaired) electrons. The molecule has 0 aromatic heterocycles. The lowest BCUT2D eigenvalue weighted by molar-refractivity contribution is 0.512. The van der Waals surface area contributed by atoms with E-state index in [1.165, 1.54) is 15.6 Å². The molecule has 0 fully saturated rings. The first-order chi connectivity index (χ1) is 5.77. The van der Waals surface area contributed by atoms with Crippen molar-refractivity contribution in [1.82, 2.24) is 5.32 Å². The lowest BCUT2D eigenvalue weighted by atomic mass is 9.97. The van der Waals surface area contributed by atoms with Crippen LogP contribution in [0.25, 0.3) is 0 Å². The van der Waals surface area contributed by atoms with Crippen molar-refractivity contribution in [3.8, 4) is 0 Å². The summed E-state index contributed by atoms with van der Waals surface area (Å²) in [6, 6.07) is 7.02. The molecule has 0 saturated heterocycles. The highest BCUT2D eigenvalue weighted by molar-refractivity contribution is 9.10. The fourth-order valence-electron chi connectivity index (χ4n) is 1.66. The molecule has 0 aliphatic carbocycles. The quantitative estimate of drug-likeness (QED) is 0.716. The Morgan fingerprint density at radius 1 is 1.50 bits per heavy atom. The molecule has 1 heterocycles. The van der Waals surface area contributed by atoms with E-state index in [1.807, 2.05) is 0 Å². The van der Waals surface area contributed by atoms with Gasteiger partial charge in [-0.15, -0.1) is 0 Å². The van der Waals surface area contributed by atoms with E-state index in [0.29, 0.717) is 6.04 Å². The van der Waals surface area contributed by atoms with Crippen LogP contribution >= 0.6 is 15.9 Å². The van der Waals surface area contributed by atoms with Crippen LogP contribution in [0.15, 0.2) is 22.7 Å². The Morgan fingerprint density at radius 3 is 3.17 bits per heavy atom. The number of hydrogen-bond acceptors (Lipinski definition) is 1. The van der Waals surface area contributed by atoms with Gasteiger partial charge in [-0.05, 0) is 30.5 Å². The maximum absolute atomic E-state index is 3.58. The average Bonchev–Trinajstić information content (AvgIpc) is 2.07. The monoisotopic (exact) mass is 225 g/mol. The van der Waals surface area contributed by atoms with Crippen LogP contribution in [0.3, 0.4) is 0 Å². The van der Waals surface area contributed by atoms with E-state index in [9.17, 15) is 0 Å². The highest BCUT2D eigenvalue weighted by Crippen LogP contribution is 2.24. The predicted molar refractivity (Wildman–Crippen MR) is 54.1 cm³/mol. The molecular weight excluding hydrogens is 214 g/mol. The molecule has 1 aromatic carbocycles. The van der Waals surface area contributed by atoms with E-state index < -0.39 is 0 Å². The zero-order valence-corrected chi connectivity index (χ0v) is 8.69. The number of hydrogen-bond donors (Lipinski definition) is 1. The molecule has 1 nitrogen and oxygen atoms in total. The third kappa shape index (κ3) is 1.41. The van der Waals surface area contributed by atoms with E-state index in [0.717, 1.165) is 13.0 Å². The van der Waals surface area contributed by atoms with Crippen molar-refractivity contribution in [1.29, 1.82) is 0 Å². The SMILES string of the molecule is CC1Cc2c(Br)cccc2CN1. The summed E-state index contributed by atoms with van der Waals surface area (Å²) in [5, 5.41) is 3.44. The molecule has 0 bridgehead atoms. The lowest BCUT2D eigenvalue weighted by Gasteiger charge is -2.23. The van der Waals surface area contributed by atoms with Gasteiger partial charge >= 0.3 is 0 Å². The molecule has 0 saturated carbocycles. The molecule has 0 amide bonds. The van der Waals surface area contributed by atoms with Gasteiger partial charge in [0.15, 0.2) is 0 Å². The molecule has 1 N–H and O–H groups in total. The highest BCUT2D eigenvalue weighted by Gasteiger charge is 2.15. The van der Waals surface area contributed by atoms with E-state index >= 15 is 0 Å². The van der Waals surface area contributed by atoms with Gasteiger partial charge in [0, 0.05) is 17.1 Å². The van der Waals surface area contributed by atoms with Gasteiger partial charge in [0.1, 0.15) is 0 Å². The largest absolute Gasteiger partial charge is 0.310 e. The normalized spacial score (nSPS) is 22.0. The van der Waals surface area contributed by atoms with Gasteiger partial charge in [-0.2, -0.15) is 0 Å². The number of rotatable bonds is 0. The molecule has 1 unspecified atom stereocenters. The van der Waals surface area contributed by atoms with Crippen LogP contribution in [0.5, 0.6) is 0 Å². The topological polar surface area (TPSA) is 12.0 Å². The number of benzene rings is 1. The smallest absolute Gasteiger partial charge is 0.0211 e. The van der Waals surface area contributed by atoms with Gasteiger partial charge in [0.05, 0.1) is 0 Å². The Morgan fingerprint density at radius 2 is 2.33 bits per heavy atom. The summed E-state index contributed by atoms with van der Waals surface area (Å²) in [5.74, 6) is 0. The first kappa shape index (κ1) is 8.27. The molecule has 2 rings (SSSR count). The van der Waals surface area contributed by atoms with Gasteiger partial charge in [-0.3, -0.25) is 0 Å². The van der Waals surface area contributed by atoms with Crippen LogP contribution in [-0.2, 0) is 13.0 Å². The van der Waals surface area contributed by atoms with Crippen molar-refractivity contribution in [3.63, 3.8) is 0 Å². The minimum atomic E-state index is 0.608. The van der Waals surface area contributed by atoms with Crippen LogP contribution in [0.4, 0.5) is 0 Å². The summed E-state index contributed by atoms with van der Waals surface area (Å²) in [6.45, 7) is 3.23. The predicted octanol–water partition coefficient (Wildman–Crippen LogP) is 2.48. The molecular formula is C10H12BrN. The number of nitrogens with one attached hydrogen (secondary N) is 1. The minimum absolute atomic E-state index is 0.608. The zero-order valence-electron chi connectivity index (χ0n) is 7.10. The summed E-state index contributed by atoms with van der Waals surface area (Å²) in [7, 11) is 0. The van der Waals surface area contributed by atoms with Gasteiger partial charge in [0.2, 0.25) is 0 Å². The lowest BCUT2D eigenvalue weighted by Crippen LogP contribution is -2.32. The fourth-order valence-corrected chi connectivity index (χ4v) is 2.23. The summed E-state index contributed by atoms with van der Waals surface area (Å²) < 4.78 is 1.26. The fraction of sp³-hybridized carbons (Fsp3) is 0.400. The Kier molecular flexibility index (Phi) is 2.20. The molecule has 1 aromatic rings. The Balaban J connectivity index is 2.43. The molecule has 12 heavy (non-hydrogen) atoms. The molecule has 1 atom stereocenters. The first-order valence-electron chi connectivity index (χ1n) is 4.27. The zero-order chi connectivity index (χ0) is 8.55. The number of halogens is 1. The van der Waals surface area contributed by atoms with Crippen molar-refractivity contribution >= 4 is 15.9 Å². The van der Waals surface area contributed by atoms with Crippen molar-refractivity contribution in [2.24, 2.45) is 0 Å². The van der Waals surface area contributed by atoms with Crippen molar-refractivity contribution in [2.75, 3.05) is 0 Å². The summed E-state index contributed by atoms with van der Waals surface area (Å²) in [6.07, 6.45) is 1.14. The van der Waals surface area contributed by atoms with Crippen LogP contribution < -0.4 is 5.32 Å². The Hall–Kier alpha value is -0.340. The molecule has 64 valence electrons. The standard InChI is InChI=1S/C10H12BrN/c1-7-5-9-8(6-12-7)3-2-4-10(9)11/h2-4,7,12H,5-6H2,1H3. The Bertz CT molecular complexity index is 296. The van der Waals surface area contributed by atoms with Crippen molar-refractivity contribution < 1.29 is 0 Å². The van der Waals surface area contributed by atoms with E-state index in [1.54, 1.807) is 0 Å². The van der Waals surface area contributed by atoms with Crippen LogP contribution in [0.2, 0.25) is 0 Å². The summed E-state index contributed by atoms with van der Waals surface area (Å²) in [5.41, 5.74) is 2.91. The van der Waals surface area contributed by atoms with Crippen LogP contribution in [-0.4, -0.2) is 6.04 Å². The third-order valence-corrected chi connectivity index (χ3v) is 3.11. The first-order valence-corrected chi connectivity index (χ1v) is 5.06. The average molecular weight is 226 g/mol. The molecule has 1 aliphatic rings. The maximum atomic E-state index is 3.58. The van der Waals surface area contributed by atoms with Gasteiger partial charge in [0.25, 0.3) is 0 Å².